The number of fused-ring (bicyclic) bond motifs is 4. The maximum Gasteiger partial charge on any atom is 0.208 e. The molecule has 0 bridgehead atoms. The van der Waals surface area contributed by atoms with Crippen molar-refractivity contribution < 1.29 is 16.8 Å². The zero-order chi connectivity index (χ0) is 55.1. The number of hydrogen-bond acceptors (Lipinski definition) is 14. The first-order valence-electron chi connectivity index (χ1n) is 26.7. The smallest absolute Gasteiger partial charge is 0.208 e. The van der Waals surface area contributed by atoms with E-state index in [1.807, 2.05) is 13.8 Å². The number of anilines is 2. The van der Waals surface area contributed by atoms with Crippen LogP contribution in [0.1, 0.15) is 198 Å². The summed E-state index contributed by atoms with van der Waals surface area (Å²) in [7, 11) is -6.73. The first-order valence-corrected chi connectivity index (χ1v) is 30.5. The molecule has 20 heteroatoms. The molecular formula is C55H82N14O4S2. The van der Waals surface area contributed by atoms with Gasteiger partial charge in [-0.2, -0.15) is 10.2 Å². The van der Waals surface area contributed by atoms with Crippen molar-refractivity contribution in [3.05, 3.63) is 69.8 Å². The van der Waals surface area contributed by atoms with Gasteiger partial charge in [0.2, 0.25) is 31.7 Å². The highest BCUT2D eigenvalue weighted by atomic mass is 32.2. The van der Waals surface area contributed by atoms with Crippen molar-refractivity contribution in [3.8, 4) is 0 Å². The first-order chi connectivity index (χ1) is 34.6. The van der Waals surface area contributed by atoms with Crippen LogP contribution in [0, 0.1) is 24.7 Å². The lowest BCUT2D eigenvalue weighted by Crippen LogP contribution is -2.49. The lowest BCUT2D eigenvalue weighted by atomic mass is 9.79. The first kappa shape index (κ1) is 56.0. The van der Waals surface area contributed by atoms with E-state index in [0.29, 0.717) is 46.6 Å². The molecule has 4 aliphatic heterocycles. The third kappa shape index (κ3) is 11.9. The normalized spacial score (nSPS) is 21.3. The summed E-state index contributed by atoms with van der Waals surface area (Å²) in [4.78, 5) is 28.8. The van der Waals surface area contributed by atoms with Crippen LogP contribution in [0.5, 0.6) is 0 Å². The van der Waals surface area contributed by atoms with Gasteiger partial charge in [-0.05, 0) is 132 Å². The van der Waals surface area contributed by atoms with Gasteiger partial charge in [-0.25, -0.2) is 46.2 Å². The van der Waals surface area contributed by atoms with Crippen LogP contribution in [-0.2, 0) is 20.0 Å². The van der Waals surface area contributed by atoms with Crippen LogP contribution in [0.25, 0.3) is 0 Å². The Morgan fingerprint density at radius 1 is 0.627 bits per heavy atom. The molecule has 0 saturated heterocycles. The Morgan fingerprint density at radius 2 is 0.987 bits per heavy atom. The van der Waals surface area contributed by atoms with Gasteiger partial charge in [0.15, 0.2) is 11.6 Å². The molecule has 4 aliphatic rings. The van der Waals surface area contributed by atoms with Gasteiger partial charge in [0, 0.05) is 71.3 Å². The van der Waals surface area contributed by atoms with E-state index in [1.54, 1.807) is 9.58 Å². The highest BCUT2D eigenvalue weighted by Gasteiger charge is 2.41. The average Bonchev–Trinajstić information content (AvgIpc) is 4.05. The molecule has 4 unspecified atom stereocenters. The molecular weight excluding hydrogens is 985 g/mol. The molecule has 0 spiro atoms. The van der Waals surface area contributed by atoms with Crippen LogP contribution in [0.15, 0.2) is 44.5 Å². The Labute approximate surface area is 446 Å². The molecule has 2 aromatic carbocycles. The van der Waals surface area contributed by atoms with Crippen molar-refractivity contribution >= 4 is 65.6 Å². The fourth-order valence-electron chi connectivity index (χ4n) is 11.2. The van der Waals surface area contributed by atoms with Crippen LogP contribution in [0.4, 0.5) is 22.7 Å². The van der Waals surface area contributed by atoms with Gasteiger partial charge in [0.1, 0.15) is 11.4 Å². The molecule has 8 rings (SSSR count). The second kappa shape index (κ2) is 20.0. The van der Waals surface area contributed by atoms with E-state index >= 15 is 0 Å². The second-order valence-electron chi connectivity index (χ2n) is 25.3. The largest absolute Gasteiger partial charge is 0.366 e. The number of rotatable bonds is 16. The zero-order valence-electron chi connectivity index (χ0n) is 47.8. The summed E-state index contributed by atoms with van der Waals surface area (Å²) in [6.07, 6.45) is 7.55. The van der Waals surface area contributed by atoms with Crippen molar-refractivity contribution in [1.82, 2.24) is 39.2 Å². The minimum atomic E-state index is -3.36. The molecule has 6 heterocycles. The quantitative estimate of drug-likeness (QED) is 0.102. The molecule has 18 nitrogen and oxygen atoms in total. The van der Waals surface area contributed by atoms with Crippen molar-refractivity contribution in [2.75, 3.05) is 48.5 Å². The topological polar surface area (TPSA) is 210 Å². The van der Waals surface area contributed by atoms with Crippen LogP contribution in [0.2, 0.25) is 0 Å². The molecule has 4 aromatic rings. The number of unbranched alkanes of at least 4 members (excludes halogenated alkanes) is 2. The SMILES string of the molecule is Cc1cc2c(cc1/N=C1/C(C(C)(C)C)=Nn3nc(C(C)CNS(C)(=O)=O)nc31)C(C)CC(C)(C)N2CCCCCN1c2cc(C)c(/N=C3/C(C(C)(C)C)=Nn4nc(C(C)CNS(C)(=O)=O)nc43)cc2C(C)CC1(C)C. The molecule has 2 N–H and O–H groups in total. The monoisotopic (exact) mass is 1070 g/mol. The third-order valence-corrected chi connectivity index (χ3v) is 16.6. The number of nitrogens with zero attached hydrogens (tertiary/aromatic N) is 12. The lowest BCUT2D eigenvalue weighted by molar-refractivity contribution is 0.364. The van der Waals surface area contributed by atoms with Crippen LogP contribution in [0.3, 0.4) is 0 Å². The Bertz CT molecular complexity index is 3030. The highest BCUT2D eigenvalue weighted by Crippen LogP contribution is 2.48. The Kier molecular flexibility index (Phi) is 14.9. The number of hydrogen-bond donors (Lipinski definition) is 2. The summed E-state index contributed by atoms with van der Waals surface area (Å²) in [5, 5.41) is 19.1. The van der Waals surface area contributed by atoms with E-state index in [2.05, 4.69) is 151 Å². The summed E-state index contributed by atoms with van der Waals surface area (Å²) in [5.41, 5.74) is 11.4. The Morgan fingerprint density at radius 3 is 1.32 bits per heavy atom. The van der Waals surface area contributed by atoms with E-state index in [4.69, 9.17) is 30.2 Å². The maximum atomic E-state index is 11.8. The van der Waals surface area contributed by atoms with E-state index in [1.165, 1.54) is 22.5 Å². The molecule has 408 valence electrons. The number of sulfonamides is 2. The molecule has 2 aromatic heterocycles. The van der Waals surface area contributed by atoms with E-state index in [-0.39, 0.29) is 46.8 Å². The van der Waals surface area contributed by atoms with Crippen molar-refractivity contribution in [2.45, 2.75) is 178 Å². The second-order valence-corrected chi connectivity index (χ2v) is 29.0. The van der Waals surface area contributed by atoms with Gasteiger partial charge < -0.3 is 9.80 Å². The predicted octanol–water partition coefficient (Wildman–Crippen LogP) is 9.62. The number of aryl methyl sites for hydroxylation is 2. The number of nitrogens with one attached hydrogen (secondary N) is 2. The van der Waals surface area contributed by atoms with E-state index in [9.17, 15) is 16.8 Å². The Hall–Kier alpha value is -5.18. The summed E-state index contributed by atoms with van der Waals surface area (Å²) in [6, 6.07) is 9.21. The van der Waals surface area contributed by atoms with E-state index in [0.717, 1.165) is 91.6 Å². The summed E-state index contributed by atoms with van der Waals surface area (Å²) in [6.45, 7) is 37.2. The molecule has 0 amide bonds. The minimum absolute atomic E-state index is 0.0341. The van der Waals surface area contributed by atoms with E-state index < -0.39 is 20.0 Å². The average molecular weight is 1070 g/mol. The fraction of sp³-hybridized carbons (Fsp3) is 0.636. The van der Waals surface area contributed by atoms with Crippen molar-refractivity contribution in [3.63, 3.8) is 0 Å². The highest BCUT2D eigenvalue weighted by molar-refractivity contribution is 7.89. The lowest BCUT2D eigenvalue weighted by Gasteiger charge is -2.48. The van der Waals surface area contributed by atoms with Gasteiger partial charge in [-0.15, -0.1) is 19.8 Å². The zero-order valence-corrected chi connectivity index (χ0v) is 49.4. The fourth-order valence-corrected chi connectivity index (χ4v) is 12.3. The van der Waals surface area contributed by atoms with Gasteiger partial charge in [0.25, 0.3) is 0 Å². The third-order valence-electron chi connectivity index (χ3n) is 15.2. The number of aromatic nitrogens is 6. The maximum absolute atomic E-state index is 11.8. The van der Waals surface area contributed by atoms with Crippen LogP contribution in [-0.4, -0.2) is 119 Å². The minimum Gasteiger partial charge on any atom is -0.366 e. The molecule has 75 heavy (non-hydrogen) atoms. The van der Waals surface area contributed by atoms with Gasteiger partial charge in [0.05, 0.1) is 35.3 Å². The van der Waals surface area contributed by atoms with Gasteiger partial charge >= 0.3 is 0 Å². The molecule has 0 radical (unpaired) electrons. The molecule has 4 atom stereocenters. The number of benzene rings is 2. The van der Waals surface area contributed by atoms with Gasteiger partial charge in [-0.3, -0.25) is 0 Å². The van der Waals surface area contributed by atoms with Crippen LogP contribution >= 0.6 is 0 Å². The van der Waals surface area contributed by atoms with Crippen molar-refractivity contribution in [1.29, 1.82) is 0 Å². The number of aliphatic imine (C=N–C) groups is 2. The summed E-state index contributed by atoms with van der Waals surface area (Å²) in [5.74, 6) is 2.30. The van der Waals surface area contributed by atoms with Gasteiger partial charge in [-0.1, -0.05) is 69.2 Å². The summed E-state index contributed by atoms with van der Waals surface area (Å²) < 4.78 is 52.5. The predicted molar refractivity (Wildman–Crippen MR) is 305 cm³/mol. The molecule has 0 aliphatic carbocycles. The van der Waals surface area contributed by atoms with Crippen LogP contribution < -0.4 is 19.2 Å². The molecule has 0 saturated carbocycles. The van der Waals surface area contributed by atoms with Crippen molar-refractivity contribution in [2.24, 2.45) is 31.0 Å². The Balaban J connectivity index is 0.994. The summed E-state index contributed by atoms with van der Waals surface area (Å²) >= 11 is 0. The standard InChI is InChI=1S/C55H82N14O4S2/c1-32-24-42-38(26-40(32)58-44-46(52(7,8)9)62-68-50(44)60-48(64-68)36(5)30-56-74(17,70)71)34(3)28-54(13,14)66(42)22-20-19-21-23-67-43-25-33(2)41(27-39(43)35(4)29-55(67,15)16)59-45-47(53(10,11)12)63-69-51(45)61-49(65-69)37(6)31-57-75(18,72)73/h24-27,34-37,56-57H,19-23,28-31H2,1-18H3/b58-44-,59-45-. The molecule has 0 fully saturated rings.